The van der Waals surface area contributed by atoms with Gasteiger partial charge in [0.1, 0.15) is 5.84 Å². The molecule has 0 fully saturated rings. The molecule has 1 aromatic rings. The molecule has 17 heavy (non-hydrogen) atoms. The van der Waals surface area contributed by atoms with Gasteiger partial charge in [0, 0.05) is 16.2 Å². The molecule has 0 radical (unpaired) electrons. The van der Waals surface area contributed by atoms with Gasteiger partial charge in [-0.15, -0.1) is 11.8 Å². The van der Waals surface area contributed by atoms with E-state index in [2.05, 4.69) is 15.9 Å². The van der Waals surface area contributed by atoms with Gasteiger partial charge in [0.25, 0.3) is 0 Å². The lowest BCUT2D eigenvalue weighted by Gasteiger charge is -2.10. The van der Waals surface area contributed by atoms with Gasteiger partial charge in [-0.05, 0) is 28.1 Å². The Morgan fingerprint density at radius 1 is 1.59 bits per heavy atom. The van der Waals surface area contributed by atoms with Gasteiger partial charge in [0.15, 0.2) is 5.82 Å². The van der Waals surface area contributed by atoms with Crippen LogP contribution in [0, 0.1) is 11.2 Å². The van der Waals surface area contributed by atoms with E-state index < -0.39 is 11.9 Å². The molecular weight excluding hydrogens is 311 g/mol. The number of hydrogen-bond donors (Lipinski definition) is 4. The molecule has 0 saturated heterocycles. The monoisotopic (exact) mass is 322 g/mol. The number of halogens is 2. The highest BCUT2D eigenvalue weighted by Crippen LogP contribution is 2.30. The maximum atomic E-state index is 13.8. The summed E-state index contributed by atoms with van der Waals surface area (Å²) in [6.07, 6.45) is -0.884. The van der Waals surface area contributed by atoms with Gasteiger partial charge >= 0.3 is 0 Å². The number of thioether (sulfide) groups is 1. The van der Waals surface area contributed by atoms with Crippen LogP contribution in [0.25, 0.3) is 0 Å². The zero-order valence-corrected chi connectivity index (χ0v) is 11.2. The fraction of sp³-hybridized carbons (Fsp3) is 0.300. The molecule has 0 heterocycles. The number of nitrogens with one attached hydrogen (secondary N) is 1. The molecule has 94 valence electrons. The zero-order valence-electron chi connectivity index (χ0n) is 8.78. The summed E-state index contributed by atoms with van der Waals surface area (Å²) in [5.74, 6) is -0.546. The second kappa shape index (κ2) is 6.34. The molecule has 0 aliphatic carbocycles. The summed E-state index contributed by atoms with van der Waals surface area (Å²) in [6, 6.07) is 3.02. The van der Waals surface area contributed by atoms with E-state index in [1.165, 1.54) is 12.1 Å². The molecule has 1 rings (SSSR count). The highest BCUT2D eigenvalue weighted by molar-refractivity contribution is 9.10. The maximum Gasteiger partial charge on any atom is 0.151 e. The number of rotatable bonds is 5. The fourth-order valence-corrected chi connectivity index (χ4v) is 2.65. The molecule has 0 spiro atoms. The van der Waals surface area contributed by atoms with Crippen LogP contribution >= 0.6 is 27.7 Å². The van der Waals surface area contributed by atoms with Gasteiger partial charge in [-0.25, -0.2) is 4.39 Å². The molecule has 0 aliphatic heterocycles. The van der Waals surface area contributed by atoms with Crippen LogP contribution < -0.4 is 5.73 Å². The highest BCUT2D eigenvalue weighted by atomic mass is 79.9. The Hall–Kier alpha value is -0.630. The average Bonchev–Trinajstić information content (AvgIpc) is 2.30. The molecule has 0 bridgehead atoms. The molecule has 1 atom stereocenters. The SMILES string of the molecule is N=C(N)c1ccc(SCC(O)CO)c(F)c1Br. The van der Waals surface area contributed by atoms with Crippen molar-refractivity contribution in [2.24, 2.45) is 5.73 Å². The minimum absolute atomic E-state index is 0.133. The van der Waals surface area contributed by atoms with E-state index in [0.717, 1.165) is 11.8 Å². The summed E-state index contributed by atoms with van der Waals surface area (Å²) in [5, 5.41) is 25.1. The van der Waals surface area contributed by atoms with Crippen molar-refractivity contribution in [3.05, 3.63) is 28.0 Å². The summed E-state index contributed by atoms with van der Waals surface area (Å²) >= 11 is 4.12. The van der Waals surface area contributed by atoms with Crippen molar-refractivity contribution in [1.82, 2.24) is 0 Å². The quantitative estimate of drug-likeness (QED) is 0.374. The number of hydrogen-bond acceptors (Lipinski definition) is 4. The number of nitrogens with two attached hydrogens (primary N) is 1. The van der Waals surface area contributed by atoms with E-state index in [-0.39, 0.29) is 28.2 Å². The van der Waals surface area contributed by atoms with E-state index in [1.807, 2.05) is 0 Å². The third-order valence-corrected chi connectivity index (χ3v) is 3.93. The Bertz CT molecular complexity index is 431. The van der Waals surface area contributed by atoms with Crippen LogP contribution in [0.1, 0.15) is 5.56 Å². The molecule has 0 amide bonds. The van der Waals surface area contributed by atoms with Crippen LogP contribution in [0.15, 0.2) is 21.5 Å². The van der Waals surface area contributed by atoms with Crippen LogP contribution in [0.5, 0.6) is 0 Å². The van der Waals surface area contributed by atoms with E-state index in [4.69, 9.17) is 21.4 Å². The number of aliphatic hydroxyl groups excluding tert-OH is 2. The standard InChI is InChI=1S/C10H12BrFN2O2S/c11-8-6(10(13)14)1-2-7(9(8)12)17-4-5(16)3-15/h1-2,5,15-16H,3-4H2,(H3,13,14). The Kier molecular flexibility index (Phi) is 5.38. The Balaban J connectivity index is 2.89. The molecule has 5 N–H and O–H groups in total. The molecule has 0 aromatic heterocycles. The van der Waals surface area contributed by atoms with Crippen molar-refractivity contribution in [3.63, 3.8) is 0 Å². The number of benzene rings is 1. The summed E-state index contributed by atoms with van der Waals surface area (Å²) in [7, 11) is 0. The highest BCUT2D eigenvalue weighted by Gasteiger charge is 2.14. The first kappa shape index (κ1) is 14.4. The number of amidine groups is 1. The Labute approximate surface area is 111 Å². The van der Waals surface area contributed by atoms with E-state index in [1.54, 1.807) is 0 Å². The first-order valence-electron chi connectivity index (χ1n) is 4.71. The topological polar surface area (TPSA) is 90.3 Å². The van der Waals surface area contributed by atoms with Crippen LogP contribution in [0.4, 0.5) is 4.39 Å². The van der Waals surface area contributed by atoms with Crippen molar-refractivity contribution in [1.29, 1.82) is 5.41 Å². The minimum Gasteiger partial charge on any atom is -0.394 e. The van der Waals surface area contributed by atoms with Crippen LogP contribution in [0.2, 0.25) is 0 Å². The van der Waals surface area contributed by atoms with E-state index >= 15 is 0 Å². The smallest absolute Gasteiger partial charge is 0.151 e. The number of aliphatic hydroxyl groups is 2. The molecule has 0 aliphatic rings. The van der Waals surface area contributed by atoms with Crippen LogP contribution in [-0.2, 0) is 0 Å². The third-order valence-electron chi connectivity index (χ3n) is 1.98. The Morgan fingerprint density at radius 2 is 2.24 bits per heavy atom. The third kappa shape index (κ3) is 3.67. The van der Waals surface area contributed by atoms with Crippen molar-refractivity contribution in [2.45, 2.75) is 11.0 Å². The molecule has 1 aromatic carbocycles. The molecule has 1 unspecified atom stereocenters. The molecular formula is C10H12BrFN2O2S. The maximum absolute atomic E-state index is 13.8. The second-order valence-corrected chi connectivity index (χ2v) is 5.16. The fourth-order valence-electron chi connectivity index (χ4n) is 1.09. The lowest BCUT2D eigenvalue weighted by molar-refractivity contribution is 0.113. The first-order valence-corrected chi connectivity index (χ1v) is 6.49. The normalized spacial score (nSPS) is 12.5. The molecule has 7 heteroatoms. The lowest BCUT2D eigenvalue weighted by Crippen LogP contribution is -2.15. The average molecular weight is 323 g/mol. The molecule has 0 saturated carbocycles. The van der Waals surface area contributed by atoms with Gasteiger partial charge in [-0.3, -0.25) is 5.41 Å². The summed E-state index contributed by atoms with van der Waals surface area (Å²) in [6.45, 7) is -0.360. The van der Waals surface area contributed by atoms with Crippen molar-refractivity contribution >= 4 is 33.5 Å². The van der Waals surface area contributed by atoms with Gasteiger partial charge in [-0.1, -0.05) is 0 Å². The van der Waals surface area contributed by atoms with Gasteiger partial charge in [0.2, 0.25) is 0 Å². The summed E-state index contributed by atoms with van der Waals surface area (Å²) < 4.78 is 13.9. The summed E-state index contributed by atoms with van der Waals surface area (Å²) in [5.41, 5.74) is 5.57. The van der Waals surface area contributed by atoms with Crippen molar-refractivity contribution in [2.75, 3.05) is 12.4 Å². The van der Waals surface area contributed by atoms with E-state index in [0.29, 0.717) is 4.90 Å². The van der Waals surface area contributed by atoms with Gasteiger partial charge < -0.3 is 15.9 Å². The van der Waals surface area contributed by atoms with E-state index in [9.17, 15) is 4.39 Å². The van der Waals surface area contributed by atoms with Crippen LogP contribution in [0.3, 0.4) is 0 Å². The zero-order chi connectivity index (χ0) is 13.0. The molecule has 4 nitrogen and oxygen atoms in total. The minimum atomic E-state index is -0.884. The number of nitrogen functional groups attached to an aromatic ring is 1. The lowest BCUT2D eigenvalue weighted by atomic mass is 10.2. The Morgan fingerprint density at radius 3 is 2.76 bits per heavy atom. The van der Waals surface area contributed by atoms with Crippen molar-refractivity contribution < 1.29 is 14.6 Å². The van der Waals surface area contributed by atoms with Gasteiger partial charge in [0.05, 0.1) is 17.2 Å². The predicted octanol–water partition coefficient (Wildman–Crippen LogP) is 1.32. The predicted molar refractivity (Wildman–Crippen MR) is 68.9 cm³/mol. The second-order valence-electron chi connectivity index (χ2n) is 3.30. The summed E-state index contributed by atoms with van der Waals surface area (Å²) in [4.78, 5) is 0.328. The first-order chi connectivity index (χ1) is 7.97. The van der Waals surface area contributed by atoms with Crippen molar-refractivity contribution in [3.8, 4) is 0 Å². The largest absolute Gasteiger partial charge is 0.394 e. The van der Waals surface area contributed by atoms with Gasteiger partial charge in [-0.2, -0.15) is 0 Å². The van der Waals surface area contributed by atoms with Crippen LogP contribution in [-0.4, -0.2) is 34.5 Å².